The van der Waals surface area contributed by atoms with Gasteiger partial charge in [-0.25, -0.2) is 0 Å². The molecule has 1 aliphatic carbocycles. The molecule has 0 aromatic heterocycles. The first kappa shape index (κ1) is 32.2. The highest BCUT2D eigenvalue weighted by Crippen LogP contribution is 2.47. The van der Waals surface area contributed by atoms with Gasteiger partial charge >= 0.3 is 0 Å². The first-order chi connectivity index (χ1) is 24.5. The van der Waals surface area contributed by atoms with Gasteiger partial charge in [0.25, 0.3) is 0 Å². The Morgan fingerprint density at radius 2 is 0.940 bits per heavy atom. The molecule has 0 spiro atoms. The zero-order valence-electron chi connectivity index (χ0n) is 28.9. The third-order valence-corrected chi connectivity index (χ3v) is 9.50. The second-order valence-corrected chi connectivity index (χ2v) is 12.6. The lowest BCUT2D eigenvalue weighted by molar-refractivity contribution is 0.895. The molecule has 4 nitrogen and oxygen atoms in total. The Morgan fingerprint density at radius 1 is 0.480 bits per heavy atom. The van der Waals surface area contributed by atoms with Crippen LogP contribution < -0.4 is 9.80 Å². The van der Waals surface area contributed by atoms with E-state index in [1.165, 1.54) is 43.8 Å². The quantitative estimate of drug-likeness (QED) is 0.169. The van der Waals surface area contributed by atoms with Crippen molar-refractivity contribution in [3.05, 3.63) is 161 Å². The van der Waals surface area contributed by atoms with E-state index < -0.39 is 0 Å². The number of rotatable bonds is 6. The number of anilines is 5. The van der Waals surface area contributed by atoms with E-state index in [4.69, 9.17) is 0 Å². The monoisotopic (exact) mass is 646 g/mol. The molecule has 7 aromatic rings. The number of nitriles is 2. The van der Waals surface area contributed by atoms with Crippen LogP contribution in [-0.4, -0.2) is 0 Å². The van der Waals surface area contributed by atoms with Crippen LogP contribution in [-0.2, 0) is 0 Å². The average molecular weight is 647 g/mol. The molecule has 0 fully saturated rings. The standard InChI is InChI=1S/C44H32N4.C2H6/c1-29-3-15-35(16-4-29)47(37-19-7-31(27-45)8-20-37)41-25-13-33-12-24-40-42(26-14-34-11-23-39(41)43(33)44(34)40)48(36-17-5-30(2)6-18-36)38-21-9-32(28-46)10-22-38;1-2/h3-9,11-21,23-26H,10,22H2,1-2H3;1-2H3. The summed E-state index contributed by atoms with van der Waals surface area (Å²) in [7, 11) is 0. The molecule has 0 amide bonds. The average Bonchev–Trinajstić information content (AvgIpc) is 3.17. The van der Waals surface area contributed by atoms with E-state index in [1.54, 1.807) is 0 Å². The van der Waals surface area contributed by atoms with Crippen molar-refractivity contribution in [2.24, 2.45) is 0 Å². The van der Waals surface area contributed by atoms with Gasteiger partial charge in [-0.05, 0) is 121 Å². The summed E-state index contributed by atoms with van der Waals surface area (Å²) in [4.78, 5) is 4.66. The fourth-order valence-corrected chi connectivity index (χ4v) is 7.03. The van der Waals surface area contributed by atoms with Crippen molar-refractivity contribution in [3.63, 3.8) is 0 Å². The molecule has 0 saturated heterocycles. The van der Waals surface area contributed by atoms with Crippen LogP contribution in [0.2, 0.25) is 0 Å². The number of hydrogen-bond donors (Lipinski definition) is 0. The van der Waals surface area contributed by atoms with Crippen molar-refractivity contribution < 1.29 is 0 Å². The number of allylic oxidation sites excluding steroid dienone is 4. The van der Waals surface area contributed by atoms with Gasteiger partial charge in [0.15, 0.2) is 0 Å². The minimum Gasteiger partial charge on any atom is -0.314 e. The van der Waals surface area contributed by atoms with Crippen LogP contribution in [0.1, 0.15) is 43.4 Å². The normalized spacial score (nSPS) is 12.4. The summed E-state index contributed by atoms with van der Waals surface area (Å²) >= 11 is 0. The van der Waals surface area contributed by atoms with Crippen molar-refractivity contribution >= 4 is 60.8 Å². The molecule has 8 rings (SSSR count). The van der Waals surface area contributed by atoms with E-state index in [2.05, 4.69) is 139 Å². The molecule has 0 saturated carbocycles. The Kier molecular flexibility index (Phi) is 8.78. The van der Waals surface area contributed by atoms with Gasteiger partial charge in [0.1, 0.15) is 0 Å². The molecule has 242 valence electrons. The largest absolute Gasteiger partial charge is 0.314 e. The summed E-state index contributed by atoms with van der Waals surface area (Å²) in [5.74, 6) is 0. The maximum atomic E-state index is 9.54. The van der Waals surface area contributed by atoms with Gasteiger partial charge in [-0.15, -0.1) is 0 Å². The van der Waals surface area contributed by atoms with Crippen molar-refractivity contribution in [3.8, 4) is 12.1 Å². The van der Waals surface area contributed by atoms with E-state index in [9.17, 15) is 10.5 Å². The molecule has 50 heavy (non-hydrogen) atoms. The zero-order valence-corrected chi connectivity index (χ0v) is 28.9. The predicted octanol–water partition coefficient (Wildman–Crippen LogP) is 12.8. The van der Waals surface area contributed by atoms with E-state index in [0.29, 0.717) is 5.56 Å². The molecule has 0 unspecified atom stereocenters. The lowest BCUT2D eigenvalue weighted by Crippen LogP contribution is -2.18. The summed E-state index contributed by atoms with van der Waals surface area (Å²) in [5.41, 5.74) is 10.4. The number of nitrogens with zero attached hydrogens (tertiary/aromatic N) is 4. The first-order valence-corrected chi connectivity index (χ1v) is 17.3. The molecule has 0 radical (unpaired) electrons. The summed E-state index contributed by atoms with van der Waals surface area (Å²) < 4.78 is 0. The minimum absolute atomic E-state index is 0.635. The summed E-state index contributed by atoms with van der Waals surface area (Å²) in [6.45, 7) is 8.22. The number of hydrogen-bond acceptors (Lipinski definition) is 4. The van der Waals surface area contributed by atoms with E-state index in [0.717, 1.165) is 52.2 Å². The van der Waals surface area contributed by atoms with E-state index >= 15 is 0 Å². The van der Waals surface area contributed by atoms with Gasteiger partial charge < -0.3 is 9.80 Å². The van der Waals surface area contributed by atoms with Crippen LogP contribution >= 0.6 is 0 Å². The van der Waals surface area contributed by atoms with Crippen LogP contribution in [0.25, 0.3) is 32.3 Å². The molecular formula is C46H38N4. The second kappa shape index (κ2) is 13.6. The van der Waals surface area contributed by atoms with Gasteiger partial charge in [0.05, 0.1) is 29.1 Å². The van der Waals surface area contributed by atoms with E-state index in [1.807, 2.05) is 44.2 Å². The third kappa shape index (κ3) is 5.72. The van der Waals surface area contributed by atoms with Crippen LogP contribution in [0.3, 0.4) is 0 Å². The minimum atomic E-state index is 0.635. The number of benzene rings is 7. The van der Waals surface area contributed by atoms with E-state index in [-0.39, 0.29) is 0 Å². The first-order valence-electron chi connectivity index (χ1n) is 17.3. The number of aryl methyl sites for hydroxylation is 2. The van der Waals surface area contributed by atoms with Gasteiger partial charge in [-0.2, -0.15) is 10.5 Å². The van der Waals surface area contributed by atoms with Gasteiger partial charge in [0.2, 0.25) is 0 Å². The summed E-state index contributed by atoms with van der Waals surface area (Å²) in [6, 6.07) is 47.6. The fraction of sp³-hybridized carbons (Fsp3) is 0.130. The van der Waals surface area contributed by atoms with Crippen molar-refractivity contribution in [2.45, 2.75) is 40.5 Å². The highest BCUT2D eigenvalue weighted by Gasteiger charge is 2.23. The Morgan fingerprint density at radius 3 is 1.40 bits per heavy atom. The summed E-state index contributed by atoms with van der Waals surface area (Å²) in [5, 5.41) is 26.2. The predicted molar refractivity (Wildman–Crippen MR) is 210 cm³/mol. The Hall–Kier alpha value is -6.36. The fourth-order valence-electron chi connectivity index (χ4n) is 7.03. The van der Waals surface area contributed by atoms with Crippen LogP contribution in [0.4, 0.5) is 28.4 Å². The van der Waals surface area contributed by atoms with Crippen LogP contribution in [0, 0.1) is 36.5 Å². The second-order valence-electron chi connectivity index (χ2n) is 12.6. The Balaban J connectivity index is 0.00000193. The Bertz CT molecular complexity index is 2470. The molecular weight excluding hydrogens is 609 g/mol. The SMILES string of the molecule is CC.Cc1ccc(N(C2=CC=C(C#N)CC2)c2ccc3ccc4c(N(c5ccc(C)cc5)c5ccc(C#N)cc5)ccc5ccc2c3c54)cc1. The van der Waals surface area contributed by atoms with Crippen LogP contribution in [0.15, 0.2) is 145 Å². The Labute approximate surface area is 294 Å². The van der Waals surface area contributed by atoms with Crippen molar-refractivity contribution in [2.75, 3.05) is 9.80 Å². The molecule has 0 atom stereocenters. The van der Waals surface area contributed by atoms with Crippen LogP contribution in [0.5, 0.6) is 0 Å². The summed E-state index contributed by atoms with van der Waals surface area (Å²) in [6.07, 6.45) is 5.58. The smallest absolute Gasteiger partial charge is 0.0991 e. The highest BCUT2D eigenvalue weighted by molar-refractivity contribution is 6.28. The van der Waals surface area contributed by atoms with Gasteiger partial charge in [-0.3, -0.25) is 0 Å². The third-order valence-electron chi connectivity index (χ3n) is 9.50. The maximum absolute atomic E-state index is 9.54. The van der Waals surface area contributed by atoms with Gasteiger partial charge in [0, 0.05) is 39.1 Å². The van der Waals surface area contributed by atoms with Gasteiger partial charge in [-0.1, -0.05) is 85.6 Å². The molecule has 0 bridgehead atoms. The maximum Gasteiger partial charge on any atom is 0.0991 e. The zero-order chi connectivity index (χ0) is 34.8. The lowest BCUT2D eigenvalue weighted by Gasteiger charge is -2.31. The van der Waals surface area contributed by atoms with Crippen molar-refractivity contribution in [1.82, 2.24) is 0 Å². The molecule has 7 aromatic carbocycles. The molecule has 0 aliphatic heterocycles. The topological polar surface area (TPSA) is 54.1 Å². The molecule has 4 heteroatoms. The highest BCUT2D eigenvalue weighted by atomic mass is 15.2. The molecule has 0 N–H and O–H groups in total. The molecule has 0 heterocycles. The lowest BCUT2D eigenvalue weighted by atomic mass is 9.91. The molecule has 1 aliphatic rings. The van der Waals surface area contributed by atoms with Crippen molar-refractivity contribution in [1.29, 1.82) is 10.5 Å².